The lowest BCUT2D eigenvalue weighted by Gasteiger charge is -2.49. The van der Waals surface area contributed by atoms with Crippen LogP contribution >= 0.6 is 34.4 Å². The fourth-order valence-corrected chi connectivity index (χ4v) is 7.05. The van der Waals surface area contributed by atoms with E-state index in [1.165, 1.54) is 23.8 Å². The number of nitrogens with one attached hydrogen (secondary N) is 1. The van der Waals surface area contributed by atoms with E-state index in [9.17, 15) is 19.5 Å². The Morgan fingerprint density at radius 2 is 2.19 bits per heavy atom. The first-order valence-corrected chi connectivity index (χ1v) is 13.5. The molecule has 186 valence electrons. The van der Waals surface area contributed by atoms with Gasteiger partial charge in [0.1, 0.15) is 29.9 Å². The van der Waals surface area contributed by atoms with Crippen molar-refractivity contribution in [1.82, 2.24) is 15.2 Å². The minimum absolute atomic E-state index is 0.0370. The van der Waals surface area contributed by atoms with Crippen molar-refractivity contribution < 1.29 is 28.9 Å². The topological polar surface area (TPSA) is 151 Å². The van der Waals surface area contributed by atoms with Crippen LogP contribution in [0.4, 0.5) is 5.13 Å². The first-order valence-electron chi connectivity index (χ1n) is 10.7. The Balaban J connectivity index is 1.38. The van der Waals surface area contributed by atoms with E-state index < -0.39 is 29.2 Å². The van der Waals surface area contributed by atoms with E-state index in [2.05, 4.69) is 15.5 Å². The lowest BCUT2D eigenvalue weighted by molar-refractivity contribution is -0.661. The van der Waals surface area contributed by atoms with Crippen LogP contribution in [0.25, 0.3) is 10.2 Å². The highest BCUT2D eigenvalue weighted by Crippen LogP contribution is 2.40. The van der Waals surface area contributed by atoms with Gasteiger partial charge in [0.05, 0.1) is 5.39 Å². The summed E-state index contributed by atoms with van der Waals surface area (Å²) in [6, 6.07) is 3.12. The third kappa shape index (κ3) is 4.10. The summed E-state index contributed by atoms with van der Waals surface area (Å²) in [5.41, 5.74) is 7.49. The number of carbonyl (C=O) groups excluding carboxylic acids is 2. The number of thiazole rings is 1. The van der Waals surface area contributed by atoms with Crippen LogP contribution in [0.2, 0.25) is 0 Å². The van der Waals surface area contributed by atoms with Crippen molar-refractivity contribution >= 4 is 73.3 Å². The van der Waals surface area contributed by atoms with Gasteiger partial charge in [0, 0.05) is 22.8 Å². The second-order valence-corrected chi connectivity index (χ2v) is 11.0. The second-order valence-electron chi connectivity index (χ2n) is 8.08. The minimum atomic E-state index is -1.18. The van der Waals surface area contributed by atoms with Crippen LogP contribution in [0.5, 0.6) is 0 Å². The third-order valence-electron chi connectivity index (χ3n) is 5.89. The Bertz CT molecular complexity index is 1460. The molecule has 2 aliphatic rings. The maximum absolute atomic E-state index is 13.1. The molecule has 4 N–H and O–H groups in total. The van der Waals surface area contributed by atoms with Gasteiger partial charge >= 0.3 is 5.97 Å². The molecule has 1 saturated heterocycles. The van der Waals surface area contributed by atoms with E-state index in [4.69, 9.17) is 10.6 Å². The Labute approximate surface area is 217 Å². The number of hydrogen-bond acceptors (Lipinski definition) is 10. The van der Waals surface area contributed by atoms with E-state index in [-0.39, 0.29) is 22.2 Å². The number of hydrogen-bond donors (Lipinski definition) is 3. The summed E-state index contributed by atoms with van der Waals surface area (Å²) in [5.74, 6) is -1.94. The fraction of sp³-hybridized carbons (Fsp3) is 0.273. The lowest BCUT2D eigenvalue weighted by Crippen LogP contribution is -2.71. The van der Waals surface area contributed by atoms with E-state index in [1.54, 1.807) is 16.7 Å². The van der Waals surface area contributed by atoms with E-state index >= 15 is 0 Å². The molecule has 0 aromatic carbocycles. The molecule has 0 aliphatic carbocycles. The molecule has 2 amide bonds. The molecule has 11 nitrogen and oxygen atoms in total. The largest absolute Gasteiger partial charge is 0.477 e. The van der Waals surface area contributed by atoms with E-state index in [0.29, 0.717) is 17.9 Å². The van der Waals surface area contributed by atoms with Gasteiger partial charge in [-0.25, -0.2) is 9.78 Å². The Kier molecular flexibility index (Phi) is 6.40. The second kappa shape index (κ2) is 9.52. The highest BCUT2D eigenvalue weighted by atomic mass is 32.2. The summed E-state index contributed by atoms with van der Waals surface area (Å²) in [4.78, 5) is 49.3. The number of nitrogens with zero attached hydrogens (tertiary/aromatic N) is 4. The number of aryl methyl sites for hydroxylation is 1. The minimum Gasteiger partial charge on any atom is -0.477 e. The zero-order valence-corrected chi connectivity index (χ0v) is 21.6. The molecule has 0 spiro atoms. The lowest BCUT2D eigenvalue weighted by atomic mass is 10.0. The third-order valence-corrected chi connectivity index (χ3v) is 8.86. The molecule has 0 bridgehead atoms. The summed E-state index contributed by atoms with van der Waals surface area (Å²) >= 11 is 4.12. The number of nitrogen functional groups attached to an aromatic ring is 1. The number of anilines is 1. The number of aliphatic carboxylic acids is 1. The number of carboxylic acid groups (broad SMARTS) is 1. The standard InChI is InChI=1S/C22H20N6O5S3/c1-10-3-5-27(19-12(10)4-6-34-19)7-11-8-35-20-15(18(30)28(20)16(11)21(31)32)25-17(29)14(26-33-2)13-9-36-22(23)24-13/h3-6,9,15,20H,7-8H2,1-2H3,(H3-,23,24,25,29,31,32)/p+1/t15?,20-/m0/s1. The molecule has 1 fully saturated rings. The number of carboxylic acids is 1. The predicted molar refractivity (Wildman–Crippen MR) is 137 cm³/mol. The number of nitrogens with two attached hydrogens (primary N) is 1. The quantitative estimate of drug-likeness (QED) is 0.174. The maximum Gasteiger partial charge on any atom is 0.352 e. The molecule has 5 rings (SSSR count). The van der Waals surface area contributed by atoms with Crippen LogP contribution < -0.4 is 15.6 Å². The van der Waals surface area contributed by atoms with E-state index in [1.807, 2.05) is 35.2 Å². The first-order chi connectivity index (χ1) is 17.3. The zero-order chi connectivity index (χ0) is 25.6. The summed E-state index contributed by atoms with van der Waals surface area (Å²) in [6.07, 6.45) is 1.93. The fourth-order valence-electron chi connectivity index (χ4n) is 4.22. The van der Waals surface area contributed by atoms with Gasteiger partial charge < -0.3 is 21.0 Å². The number of aromatic nitrogens is 2. The molecule has 0 saturated carbocycles. The van der Waals surface area contributed by atoms with Gasteiger partial charge in [-0.15, -0.1) is 23.1 Å². The number of β-lactam (4-membered cyclic amide) rings is 1. The highest BCUT2D eigenvalue weighted by Gasteiger charge is 2.54. The summed E-state index contributed by atoms with van der Waals surface area (Å²) in [5, 5.41) is 20.8. The van der Waals surface area contributed by atoms with Crippen LogP contribution in [-0.2, 0) is 25.8 Å². The summed E-state index contributed by atoms with van der Waals surface area (Å²) in [7, 11) is 1.29. The average Bonchev–Trinajstić information content (AvgIpc) is 3.52. The Hall–Kier alpha value is -3.49. The van der Waals surface area contributed by atoms with Crippen molar-refractivity contribution in [2.75, 3.05) is 18.6 Å². The molecule has 2 aliphatic heterocycles. The van der Waals surface area contributed by atoms with Crippen LogP contribution in [0.1, 0.15) is 11.3 Å². The zero-order valence-electron chi connectivity index (χ0n) is 19.1. The predicted octanol–water partition coefficient (Wildman–Crippen LogP) is 1.33. The SMILES string of the molecule is CON=C(C(=O)NC1C(=O)N2C(C(=O)O)=C(C[n+]3ccc(C)c4ccsc43)CS[C@@H]12)c1csc(N)n1. The molecular weight excluding hydrogens is 524 g/mol. The average molecular weight is 546 g/mol. The van der Waals surface area contributed by atoms with Crippen molar-refractivity contribution in [1.29, 1.82) is 0 Å². The van der Waals surface area contributed by atoms with Crippen molar-refractivity contribution in [3.8, 4) is 0 Å². The molecule has 0 radical (unpaired) electrons. The number of fused-ring (bicyclic) bond motifs is 2. The number of thiophene rings is 1. The molecule has 5 heterocycles. The summed E-state index contributed by atoms with van der Waals surface area (Å²) in [6.45, 7) is 2.37. The van der Waals surface area contributed by atoms with Crippen LogP contribution in [0, 0.1) is 6.92 Å². The molecular formula is C22H21N6O5S3+. The number of thioether (sulfide) groups is 1. The Morgan fingerprint density at radius 3 is 2.89 bits per heavy atom. The van der Waals surface area contributed by atoms with Crippen molar-refractivity contribution in [2.24, 2.45) is 5.16 Å². The first kappa shape index (κ1) is 24.2. The molecule has 1 unspecified atom stereocenters. The number of pyridine rings is 1. The number of rotatable bonds is 7. The van der Waals surface area contributed by atoms with Crippen LogP contribution in [-0.4, -0.2) is 62.8 Å². The normalized spacial score (nSPS) is 19.8. The van der Waals surface area contributed by atoms with Gasteiger partial charge in [0.15, 0.2) is 23.6 Å². The number of oxime groups is 1. The van der Waals surface area contributed by atoms with Crippen molar-refractivity contribution in [3.63, 3.8) is 0 Å². The van der Waals surface area contributed by atoms with Gasteiger partial charge in [-0.05, 0) is 23.9 Å². The van der Waals surface area contributed by atoms with Crippen molar-refractivity contribution in [2.45, 2.75) is 24.9 Å². The molecule has 3 aromatic heterocycles. The van der Waals surface area contributed by atoms with Crippen LogP contribution in [0.3, 0.4) is 0 Å². The van der Waals surface area contributed by atoms with Gasteiger partial charge in [-0.1, -0.05) is 16.5 Å². The summed E-state index contributed by atoms with van der Waals surface area (Å²) < 4.78 is 2.00. The van der Waals surface area contributed by atoms with Gasteiger partial charge in [-0.3, -0.25) is 14.5 Å². The number of carbonyl (C=O) groups is 3. The molecule has 36 heavy (non-hydrogen) atoms. The van der Waals surface area contributed by atoms with Gasteiger partial charge in [-0.2, -0.15) is 4.57 Å². The number of amides is 2. The van der Waals surface area contributed by atoms with Gasteiger partial charge in [0.2, 0.25) is 0 Å². The monoisotopic (exact) mass is 545 g/mol. The highest BCUT2D eigenvalue weighted by molar-refractivity contribution is 8.00. The Morgan fingerprint density at radius 1 is 1.39 bits per heavy atom. The van der Waals surface area contributed by atoms with E-state index in [0.717, 1.165) is 27.1 Å². The van der Waals surface area contributed by atoms with Crippen molar-refractivity contribution in [3.05, 3.63) is 51.6 Å². The maximum atomic E-state index is 13.1. The smallest absolute Gasteiger partial charge is 0.352 e. The molecule has 3 aromatic rings. The molecule has 14 heteroatoms. The van der Waals surface area contributed by atoms with Crippen LogP contribution in [0.15, 0.2) is 45.5 Å². The molecule has 2 atom stereocenters. The van der Waals surface area contributed by atoms with Gasteiger partial charge in [0.25, 0.3) is 16.6 Å².